The van der Waals surface area contributed by atoms with Gasteiger partial charge in [0.15, 0.2) is 0 Å². The SMILES string of the molecule is C1CCN(C2CCNCC2)CC1.N. The number of likely N-dealkylation sites (tertiary alicyclic amines) is 1. The lowest BCUT2D eigenvalue weighted by Crippen LogP contribution is -2.45. The third kappa shape index (κ3) is 2.93. The number of nitrogens with one attached hydrogen (secondary N) is 1. The van der Waals surface area contributed by atoms with Gasteiger partial charge < -0.3 is 16.4 Å². The molecule has 2 aliphatic heterocycles. The molecule has 0 spiro atoms. The van der Waals surface area contributed by atoms with E-state index in [0.29, 0.717) is 0 Å². The molecule has 0 aromatic carbocycles. The average Bonchev–Trinajstić information content (AvgIpc) is 2.21. The van der Waals surface area contributed by atoms with Gasteiger partial charge in [-0.3, -0.25) is 0 Å². The minimum absolute atomic E-state index is 0. The summed E-state index contributed by atoms with van der Waals surface area (Å²) in [6, 6.07) is 0.909. The van der Waals surface area contributed by atoms with Crippen molar-refractivity contribution in [2.75, 3.05) is 26.2 Å². The minimum Gasteiger partial charge on any atom is -0.344 e. The molecule has 0 amide bonds. The van der Waals surface area contributed by atoms with Gasteiger partial charge in [0.2, 0.25) is 0 Å². The predicted molar refractivity (Wildman–Crippen MR) is 56.3 cm³/mol. The maximum absolute atomic E-state index is 3.43. The van der Waals surface area contributed by atoms with Gasteiger partial charge in [0.1, 0.15) is 0 Å². The summed E-state index contributed by atoms with van der Waals surface area (Å²) in [6.07, 6.45) is 7.08. The molecule has 2 aliphatic rings. The largest absolute Gasteiger partial charge is 0.344 e. The van der Waals surface area contributed by atoms with Gasteiger partial charge in [0.25, 0.3) is 0 Å². The van der Waals surface area contributed by atoms with Crippen LogP contribution in [-0.4, -0.2) is 37.1 Å². The molecule has 2 heterocycles. The van der Waals surface area contributed by atoms with E-state index in [1.165, 1.54) is 58.3 Å². The van der Waals surface area contributed by atoms with Crippen molar-refractivity contribution in [3.8, 4) is 0 Å². The third-order valence-corrected chi connectivity index (χ3v) is 3.22. The molecule has 0 atom stereocenters. The number of rotatable bonds is 1. The fourth-order valence-corrected chi connectivity index (χ4v) is 2.46. The molecular weight excluding hydrogens is 162 g/mol. The van der Waals surface area contributed by atoms with E-state index in [9.17, 15) is 0 Å². The number of hydrogen-bond acceptors (Lipinski definition) is 3. The van der Waals surface area contributed by atoms with Crippen molar-refractivity contribution in [2.45, 2.75) is 38.1 Å². The molecule has 0 bridgehead atoms. The lowest BCUT2D eigenvalue weighted by atomic mass is 10.0. The van der Waals surface area contributed by atoms with Gasteiger partial charge in [-0.15, -0.1) is 0 Å². The van der Waals surface area contributed by atoms with Crippen LogP contribution in [0.15, 0.2) is 0 Å². The van der Waals surface area contributed by atoms with Crippen molar-refractivity contribution in [1.29, 1.82) is 0 Å². The van der Waals surface area contributed by atoms with E-state index < -0.39 is 0 Å². The Kier molecular flexibility index (Phi) is 4.70. The van der Waals surface area contributed by atoms with Gasteiger partial charge in [0, 0.05) is 6.04 Å². The Bertz CT molecular complexity index is 110. The molecule has 0 unspecified atom stereocenters. The highest BCUT2D eigenvalue weighted by Gasteiger charge is 2.21. The smallest absolute Gasteiger partial charge is 0.0119 e. The van der Waals surface area contributed by atoms with E-state index in [0.717, 1.165) is 6.04 Å². The Morgan fingerprint density at radius 2 is 1.54 bits per heavy atom. The molecule has 13 heavy (non-hydrogen) atoms. The van der Waals surface area contributed by atoms with Gasteiger partial charge in [0.05, 0.1) is 0 Å². The molecule has 0 radical (unpaired) electrons. The average molecular weight is 185 g/mol. The summed E-state index contributed by atoms with van der Waals surface area (Å²) in [7, 11) is 0. The quantitative estimate of drug-likeness (QED) is 0.649. The van der Waals surface area contributed by atoms with Crippen LogP contribution in [0.1, 0.15) is 32.1 Å². The van der Waals surface area contributed by atoms with E-state index in [1.807, 2.05) is 0 Å². The van der Waals surface area contributed by atoms with E-state index >= 15 is 0 Å². The number of nitrogens with zero attached hydrogens (tertiary/aromatic N) is 1. The molecule has 2 fully saturated rings. The Morgan fingerprint density at radius 1 is 0.923 bits per heavy atom. The fourth-order valence-electron chi connectivity index (χ4n) is 2.46. The van der Waals surface area contributed by atoms with Crippen LogP contribution in [0.5, 0.6) is 0 Å². The van der Waals surface area contributed by atoms with Crippen molar-refractivity contribution < 1.29 is 0 Å². The van der Waals surface area contributed by atoms with Crippen LogP contribution in [0.2, 0.25) is 0 Å². The molecule has 0 aliphatic carbocycles. The Hall–Kier alpha value is -0.120. The Labute approximate surface area is 81.5 Å². The minimum atomic E-state index is 0. The lowest BCUT2D eigenvalue weighted by Gasteiger charge is -2.36. The molecule has 2 saturated heterocycles. The van der Waals surface area contributed by atoms with Gasteiger partial charge in [-0.1, -0.05) is 6.42 Å². The zero-order chi connectivity index (χ0) is 8.23. The van der Waals surface area contributed by atoms with E-state index in [4.69, 9.17) is 0 Å². The normalized spacial score (nSPS) is 26.8. The first-order valence-electron chi connectivity index (χ1n) is 5.41. The summed E-state index contributed by atoms with van der Waals surface area (Å²) in [6.45, 7) is 5.21. The van der Waals surface area contributed by atoms with Gasteiger partial charge >= 0.3 is 0 Å². The summed E-state index contributed by atoms with van der Waals surface area (Å²) >= 11 is 0. The van der Waals surface area contributed by atoms with Gasteiger partial charge in [-0.2, -0.15) is 0 Å². The Balaban J connectivity index is 0.000000845. The first kappa shape index (κ1) is 11.0. The number of piperidine rings is 2. The first-order chi connectivity index (χ1) is 5.97. The van der Waals surface area contributed by atoms with Gasteiger partial charge in [-0.05, 0) is 51.9 Å². The van der Waals surface area contributed by atoms with Crippen LogP contribution >= 0.6 is 0 Å². The molecular formula is C10H23N3. The summed E-state index contributed by atoms with van der Waals surface area (Å²) in [5.74, 6) is 0. The molecule has 78 valence electrons. The predicted octanol–water partition coefficient (Wildman–Crippen LogP) is 1.39. The van der Waals surface area contributed by atoms with Crippen molar-refractivity contribution >= 4 is 0 Å². The second-order valence-corrected chi connectivity index (χ2v) is 4.08. The van der Waals surface area contributed by atoms with Crippen molar-refractivity contribution in [1.82, 2.24) is 16.4 Å². The molecule has 4 N–H and O–H groups in total. The molecule has 0 aromatic rings. The van der Waals surface area contributed by atoms with Crippen LogP contribution in [-0.2, 0) is 0 Å². The summed E-state index contributed by atoms with van der Waals surface area (Å²) in [5.41, 5.74) is 0. The number of hydrogen-bond donors (Lipinski definition) is 2. The van der Waals surface area contributed by atoms with E-state index in [2.05, 4.69) is 10.2 Å². The fraction of sp³-hybridized carbons (Fsp3) is 1.00. The molecule has 2 rings (SSSR count). The maximum atomic E-state index is 3.43. The standard InChI is InChI=1S/C10H20N2.H3N/c1-2-8-12(9-3-1)10-4-6-11-7-5-10;/h10-11H,1-9H2;1H3. The zero-order valence-electron chi connectivity index (χ0n) is 8.60. The second kappa shape index (κ2) is 5.58. The molecule has 3 heteroatoms. The van der Waals surface area contributed by atoms with Crippen molar-refractivity contribution in [3.05, 3.63) is 0 Å². The maximum Gasteiger partial charge on any atom is 0.0119 e. The van der Waals surface area contributed by atoms with E-state index in [1.54, 1.807) is 0 Å². The topological polar surface area (TPSA) is 50.3 Å². The lowest BCUT2D eigenvalue weighted by molar-refractivity contribution is 0.136. The highest BCUT2D eigenvalue weighted by Crippen LogP contribution is 2.17. The molecule has 0 saturated carbocycles. The van der Waals surface area contributed by atoms with Crippen LogP contribution in [0.3, 0.4) is 0 Å². The summed E-state index contributed by atoms with van der Waals surface area (Å²) < 4.78 is 0. The monoisotopic (exact) mass is 185 g/mol. The third-order valence-electron chi connectivity index (χ3n) is 3.22. The summed E-state index contributed by atoms with van der Waals surface area (Å²) in [4.78, 5) is 2.71. The molecule has 0 aromatic heterocycles. The zero-order valence-corrected chi connectivity index (χ0v) is 8.60. The second-order valence-electron chi connectivity index (χ2n) is 4.08. The van der Waals surface area contributed by atoms with Crippen LogP contribution in [0, 0.1) is 0 Å². The van der Waals surface area contributed by atoms with E-state index in [-0.39, 0.29) is 6.15 Å². The van der Waals surface area contributed by atoms with Crippen LogP contribution in [0.4, 0.5) is 0 Å². The highest BCUT2D eigenvalue weighted by molar-refractivity contribution is 4.79. The van der Waals surface area contributed by atoms with Crippen LogP contribution < -0.4 is 11.5 Å². The highest BCUT2D eigenvalue weighted by atomic mass is 15.2. The summed E-state index contributed by atoms with van der Waals surface area (Å²) in [5, 5.41) is 3.43. The molecule has 3 nitrogen and oxygen atoms in total. The van der Waals surface area contributed by atoms with Crippen molar-refractivity contribution in [3.63, 3.8) is 0 Å². The first-order valence-corrected chi connectivity index (χ1v) is 5.41. The van der Waals surface area contributed by atoms with Gasteiger partial charge in [-0.25, -0.2) is 0 Å². The van der Waals surface area contributed by atoms with Crippen molar-refractivity contribution in [2.24, 2.45) is 0 Å². The Morgan fingerprint density at radius 3 is 2.15 bits per heavy atom. The van der Waals surface area contributed by atoms with Crippen LogP contribution in [0.25, 0.3) is 0 Å².